The van der Waals surface area contributed by atoms with Crippen molar-refractivity contribution in [3.8, 4) is 17.6 Å². The number of ether oxygens (including phenoxy) is 2. The van der Waals surface area contributed by atoms with Crippen LogP contribution in [-0.4, -0.2) is 20.0 Å². The van der Waals surface area contributed by atoms with E-state index < -0.39 is 5.41 Å². The Morgan fingerprint density at radius 3 is 1.86 bits per heavy atom. The summed E-state index contributed by atoms with van der Waals surface area (Å²) in [5.41, 5.74) is -0.398. The SMILES string of the molecule is COc1ccc(OC)c2c1SC(=C(C#N)C(=O)C(C)(C)C)S2. The van der Waals surface area contributed by atoms with Crippen LogP contribution in [0.25, 0.3) is 0 Å². The van der Waals surface area contributed by atoms with E-state index in [0.717, 1.165) is 9.79 Å². The maximum Gasteiger partial charge on any atom is 0.180 e. The van der Waals surface area contributed by atoms with Crippen LogP contribution < -0.4 is 9.47 Å². The van der Waals surface area contributed by atoms with E-state index in [1.807, 2.05) is 32.9 Å². The number of carbonyl (C=O) groups excluding carboxylic acids is 1. The molecule has 2 rings (SSSR count). The Kier molecular flexibility index (Phi) is 4.78. The molecule has 6 heteroatoms. The van der Waals surface area contributed by atoms with Crippen molar-refractivity contribution in [1.29, 1.82) is 5.26 Å². The van der Waals surface area contributed by atoms with Crippen molar-refractivity contribution in [2.75, 3.05) is 14.2 Å². The summed E-state index contributed by atoms with van der Waals surface area (Å²) in [4.78, 5) is 14.2. The maximum atomic E-state index is 12.5. The minimum Gasteiger partial charge on any atom is -0.496 e. The van der Waals surface area contributed by atoms with Crippen molar-refractivity contribution in [2.45, 2.75) is 30.6 Å². The van der Waals surface area contributed by atoms with Gasteiger partial charge < -0.3 is 9.47 Å². The van der Waals surface area contributed by atoms with E-state index in [2.05, 4.69) is 6.07 Å². The van der Waals surface area contributed by atoms with Crippen LogP contribution in [0.15, 0.2) is 31.7 Å². The molecule has 0 spiro atoms. The number of nitriles is 1. The molecule has 4 nitrogen and oxygen atoms in total. The second kappa shape index (κ2) is 6.27. The molecule has 0 saturated carbocycles. The van der Waals surface area contributed by atoms with Gasteiger partial charge in [0.1, 0.15) is 23.1 Å². The second-order valence-corrected chi connectivity index (χ2v) is 7.99. The molecule has 0 N–H and O–H groups in total. The molecule has 1 aromatic carbocycles. The number of ketones is 1. The molecule has 0 atom stereocenters. The topological polar surface area (TPSA) is 59.3 Å². The highest BCUT2D eigenvalue weighted by Crippen LogP contribution is 2.59. The van der Waals surface area contributed by atoms with Crippen LogP contribution in [0.2, 0.25) is 0 Å². The zero-order valence-electron chi connectivity index (χ0n) is 13.1. The average molecular weight is 335 g/mol. The van der Waals surface area contributed by atoms with E-state index in [4.69, 9.17) is 9.47 Å². The second-order valence-electron chi connectivity index (χ2n) is 5.69. The smallest absolute Gasteiger partial charge is 0.180 e. The van der Waals surface area contributed by atoms with Crippen LogP contribution in [0.3, 0.4) is 0 Å². The van der Waals surface area contributed by atoms with E-state index in [-0.39, 0.29) is 11.4 Å². The van der Waals surface area contributed by atoms with Gasteiger partial charge in [0.25, 0.3) is 0 Å². The first-order valence-corrected chi connectivity index (χ1v) is 8.26. The van der Waals surface area contributed by atoms with E-state index in [9.17, 15) is 10.1 Å². The number of allylic oxidation sites excluding steroid dienone is 1. The lowest BCUT2D eigenvalue weighted by Gasteiger charge is -2.16. The molecular weight excluding hydrogens is 318 g/mol. The van der Waals surface area contributed by atoms with Gasteiger partial charge in [0.2, 0.25) is 0 Å². The number of benzene rings is 1. The van der Waals surface area contributed by atoms with E-state index in [0.29, 0.717) is 15.7 Å². The zero-order valence-corrected chi connectivity index (χ0v) is 14.8. The Morgan fingerprint density at radius 2 is 1.55 bits per heavy atom. The van der Waals surface area contributed by atoms with Gasteiger partial charge in [-0.2, -0.15) is 5.26 Å². The first-order valence-electron chi connectivity index (χ1n) is 6.63. The van der Waals surface area contributed by atoms with Gasteiger partial charge in [-0.25, -0.2) is 0 Å². The van der Waals surface area contributed by atoms with Crippen LogP contribution in [0.5, 0.6) is 11.5 Å². The first kappa shape index (κ1) is 16.8. The van der Waals surface area contributed by atoms with Gasteiger partial charge >= 0.3 is 0 Å². The van der Waals surface area contributed by atoms with Gasteiger partial charge in [-0.15, -0.1) is 0 Å². The largest absolute Gasteiger partial charge is 0.496 e. The Bertz CT molecular complexity index is 662. The number of thioether (sulfide) groups is 2. The molecule has 0 radical (unpaired) electrons. The van der Waals surface area contributed by atoms with E-state index >= 15 is 0 Å². The Labute approximate surface area is 138 Å². The van der Waals surface area contributed by atoms with Gasteiger partial charge in [0.15, 0.2) is 5.78 Å². The molecule has 1 aliphatic rings. The van der Waals surface area contributed by atoms with Gasteiger partial charge in [-0.05, 0) is 12.1 Å². The monoisotopic (exact) mass is 335 g/mol. The molecule has 0 saturated heterocycles. The van der Waals surface area contributed by atoms with Gasteiger partial charge in [-0.3, -0.25) is 4.79 Å². The van der Waals surface area contributed by atoms with Crippen molar-refractivity contribution in [3.05, 3.63) is 21.9 Å². The quantitative estimate of drug-likeness (QED) is 0.608. The fourth-order valence-corrected chi connectivity index (χ4v) is 4.57. The summed E-state index contributed by atoms with van der Waals surface area (Å²) in [6, 6.07) is 5.72. The predicted molar refractivity (Wildman–Crippen MR) is 88.4 cm³/mol. The van der Waals surface area contributed by atoms with Crippen LogP contribution in [-0.2, 0) is 4.79 Å². The van der Waals surface area contributed by atoms with Crippen LogP contribution in [0.4, 0.5) is 0 Å². The first-order chi connectivity index (χ1) is 10.3. The molecule has 0 unspecified atom stereocenters. The van der Waals surface area contributed by atoms with E-state index in [1.165, 1.54) is 23.5 Å². The molecule has 1 heterocycles. The summed E-state index contributed by atoms with van der Waals surface area (Å²) < 4.78 is 11.4. The molecule has 0 fully saturated rings. The van der Waals surface area contributed by atoms with Crippen molar-refractivity contribution < 1.29 is 14.3 Å². The standard InChI is InChI=1S/C16H17NO3S2/c1-16(2,3)14(18)9(8-17)15-21-12-10(19-4)6-7-11(20-5)13(12)22-15/h6-7H,1-5H3. The summed E-state index contributed by atoms with van der Waals surface area (Å²) in [5, 5.41) is 9.43. The number of fused-ring (bicyclic) bond motifs is 1. The fourth-order valence-electron chi connectivity index (χ4n) is 1.91. The summed E-state index contributed by atoms with van der Waals surface area (Å²) in [5.74, 6) is 1.27. The molecule has 1 aliphatic heterocycles. The number of methoxy groups -OCH3 is 2. The van der Waals surface area contributed by atoms with Gasteiger partial charge in [0, 0.05) is 5.41 Å². The molecule has 22 heavy (non-hydrogen) atoms. The van der Waals surface area contributed by atoms with Gasteiger partial charge in [-0.1, -0.05) is 44.3 Å². The summed E-state index contributed by atoms with van der Waals surface area (Å²) in [7, 11) is 3.20. The molecule has 116 valence electrons. The predicted octanol–water partition coefficient (Wildman–Crippen LogP) is 4.25. The van der Waals surface area contributed by atoms with Crippen molar-refractivity contribution in [3.63, 3.8) is 0 Å². The Morgan fingerprint density at radius 1 is 1.09 bits per heavy atom. The maximum absolute atomic E-state index is 12.5. The van der Waals surface area contributed by atoms with Crippen molar-refractivity contribution >= 4 is 29.3 Å². The van der Waals surface area contributed by atoms with Crippen molar-refractivity contribution in [2.24, 2.45) is 5.41 Å². The van der Waals surface area contributed by atoms with Crippen LogP contribution >= 0.6 is 23.5 Å². The van der Waals surface area contributed by atoms with Crippen LogP contribution in [0.1, 0.15) is 20.8 Å². The molecule has 0 aromatic heterocycles. The molecule has 0 amide bonds. The third kappa shape index (κ3) is 2.96. The normalized spacial score (nSPS) is 13.4. The molecular formula is C16H17NO3S2. The Hall–Kier alpha value is -1.58. The number of carbonyl (C=O) groups is 1. The third-order valence-corrected chi connectivity index (χ3v) is 5.72. The Balaban J connectivity index is 2.53. The van der Waals surface area contributed by atoms with Gasteiger partial charge in [0.05, 0.1) is 28.2 Å². The van der Waals surface area contributed by atoms with Crippen LogP contribution in [0, 0.1) is 16.7 Å². The number of hydrogen-bond donors (Lipinski definition) is 0. The third-order valence-electron chi connectivity index (χ3n) is 3.09. The molecule has 0 bridgehead atoms. The number of rotatable bonds is 3. The lowest BCUT2D eigenvalue weighted by Crippen LogP contribution is -2.21. The lowest BCUT2D eigenvalue weighted by atomic mass is 9.87. The highest BCUT2D eigenvalue weighted by Gasteiger charge is 2.33. The lowest BCUT2D eigenvalue weighted by molar-refractivity contribution is -0.122. The van der Waals surface area contributed by atoms with E-state index in [1.54, 1.807) is 14.2 Å². The number of nitrogens with zero attached hydrogens (tertiary/aromatic N) is 1. The highest BCUT2D eigenvalue weighted by atomic mass is 32.2. The molecule has 0 aliphatic carbocycles. The zero-order chi connectivity index (χ0) is 16.5. The molecule has 1 aromatic rings. The fraction of sp³-hybridized carbons (Fsp3) is 0.375. The summed E-state index contributed by atoms with van der Waals surface area (Å²) in [6.07, 6.45) is 0. The minimum absolute atomic E-state index is 0.157. The number of Topliss-reactive ketones (excluding diaryl/α,β-unsaturated/α-hetero) is 1. The van der Waals surface area contributed by atoms with Crippen molar-refractivity contribution in [1.82, 2.24) is 0 Å². The average Bonchev–Trinajstić information content (AvgIpc) is 2.90. The number of hydrogen-bond acceptors (Lipinski definition) is 6. The minimum atomic E-state index is -0.595. The summed E-state index contributed by atoms with van der Waals surface area (Å²) in [6.45, 7) is 5.43. The highest BCUT2D eigenvalue weighted by molar-refractivity contribution is 8.24. The summed E-state index contributed by atoms with van der Waals surface area (Å²) >= 11 is 2.78.